The van der Waals surface area contributed by atoms with Gasteiger partial charge >= 0.3 is 6.03 Å². The maximum absolute atomic E-state index is 13.3. The van der Waals surface area contributed by atoms with Gasteiger partial charge in [0.1, 0.15) is 0 Å². The number of rotatable bonds is 3. The second-order valence-electron chi connectivity index (χ2n) is 10.6. The third-order valence-corrected chi connectivity index (χ3v) is 8.51. The van der Waals surface area contributed by atoms with E-state index in [0.717, 1.165) is 45.2 Å². The number of carbonyl (C=O) groups excluding carboxylic acids is 3. The normalized spacial score (nSPS) is 40.6. The molecule has 0 aromatic rings. The molecule has 0 bridgehead atoms. The summed E-state index contributed by atoms with van der Waals surface area (Å²) in [6.45, 7) is 6.16. The number of imide groups is 1. The van der Waals surface area contributed by atoms with Crippen LogP contribution in [0.4, 0.5) is 4.79 Å². The maximum atomic E-state index is 13.3. The first-order chi connectivity index (χ1) is 15.2. The van der Waals surface area contributed by atoms with E-state index in [1.54, 1.807) is 0 Å². The van der Waals surface area contributed by atoms with Gasteiger partial charge in [0, 0.05) is 51.1 Å². The van der Waals surface area contributed by atoms with E-state index in [2.05, 4.69) is 35.2 Å². The molecule has 32 heavy (non-hydrogen) atoms. The Hall–Kier alpha value is -1.71. The summed E-state index contributed by atoms with van der Waals surface area (Å²) in [6, 6.07) is 0.319. The van der Waals surface area contributed by atoms with Crippen LogP contribution in [0.5, 0.6) is 0 Å². The summed E-state index contributed by atoms with van der Waals surface area (Å²) in [5.74, 6) is 0.839. The highest BCUT2D eigenvalue weighted by atomic mass is 16.2. The van der Waals surface area contributed by atoms with E-state index in [1.807, 2.05) is 24.0 Å². The molecule has 9 nitrogen and oxygen atoms in total. The van der Waals surface area contributed by atoms with Crippen LogP contribution in [0.3, 0.4) is 0 Å². The highest BCUT2D eigenvalue weighted by molar-refractivity contribution is 5.95. The summed E-state index contributed by atoms with van der Waals surface area (Å²) in [5.41, 5.74) is 3.13. The van der Waals surface area contributed by atoms with Crippen LogP contribution in [-0.4, -0.2) is 73.2 Å². The van der Waals surface area contributed by atoms with Gasteiger partial charge < -0.3 is 15.5 Å². The Bertz CT molecular complexity index is 733. The van der Waals surface area contributed by atoms with Gasteiger partial charge in [0.2, 0.25) is 11.8 Å². The molecule has 4 N–H and O–H groups in total. The van der Waals surface area contributed by atoms with Gasteiger partial charge in [-0.15, -0.1) is 0 Å². The Balaban J connectivity index is 1.37. The minimum atomic E-state index is -0.440. The number of fused-ring (bicyclic) bond motifs is 1. The molecule has 9 heteroatoms. The standard InChI is InChI=1S/C23H40N6O3/c1-13-5-6-15(21(30)27-23(32)26-20-7-8-25-29(20)4)10-17(13)18-11-16-12-24-14(2)9-19(16)28(3)22(18)31/h13-20,24-25H,5-12H2,1-4H3,(H2,26,27,30,32). The fraction of sp³-hybridized carbons (Fsp3) is 0.870. The molecule has 0 aromatic carbocycles. The van der Waals surface area contributed by atoms with Crippen molar-refractivity contribution in [3.05, 3.63) is 0 Å². The van der Waals surface area contributed by atoms with E-state index in [1.165, 1.54) is 0 Å². The van der Waals surface area contributed by atoms with Crippen molar-refractivity contribution in [3.63, 3.8) is 0 Å². The molecule has 4 amide bonds. The van der Waals surface area contributed by atoms with Gasteiger partial charge in [-0.05, 0) is 63.2 Å². The van der Waals surface area contributed by atoms with Gasteiger partial charge in [0.05, 0.1) is 6.17 Å². The summed E-state index contributed by atoms with van der Waals surface area (Å²) in [5, 5.41) is 10.8. The molecule has 1 saturated carbocycles. The average molecular weight is 449 g/mol. The second-order valence-corrected chi connectivity index (χ2v) is 10.6. The highest BCUT2D eigenvalue weighted by Gasteiger charge is 2.47. The predicted molar refractivity (Wildman–Crippen MR) is 121 cm³/mol. The zero-order chi connectivity index (χ0) is 23.0. The molecule has 0 aromatic heterocycles. The summed E-state index contributed by atoms with van der Waals surface area (Å²) in [4.78, 5) is 40.6. The van der Waals surface area contributed by atoms with Crippen LogP contribution in [0.1, 0.15) is 52.4 Å². The molecule has 0 radical (unpaired) electrons. The molecule has 3 aliphatic heterocycles. The van der Waals surface area contributed by atoms with Crippen LogP contribution >= 0.6 is 0 Å². The Morgan fingerprint density at radius 2 is 1.84 bits per heavy atom. The third kappa shape index (κ3) is 4.79. The van der Waals surface area contributed by atoms with Crippen LogP contribution in [0.15, 0.2) is 0 Å². The van der Waals surface area contributed by atoms with Gasteiger partial charge in [0.25, 0.3) is 0 Å². The highest BCUT2D eigenvalue weighted by Crippen LogP contribution is 2.44. The monoisotopic (exact) mass is 448 g/mol. The van der Waals surface area contributed by atoms with Crippen molar-refractivity contribution < 1.29 is 14.4 Å². The number of hydrogen-bond acceptors (Lipinski definition) is 6. The van der Waals surface area contributed by atoms with Crippen LogP contribution in [0, 0.1) is 29.6 Å². The molecule has 0 spiro atoms. The number of hydrazine groups is 1. The Kier molecular flexibility index (Phi) is 7.07. The number of piperidine rings is 2. The van der Waals surface area contributed by atoms with E-state index in [9.17, 15) is 14.4 Å². The lowest BCUT2D eigenvalue weighted by Gasteiger charge is -2.50. The number of hydrogen-bond donors (Lipinski definition) is 4. The summed E-state index contributed by atoms with van der Waals surface area (Å²) in [6.07, 6.45) is 4.95. The van der Waals surface area contributed by atoms with Crippen molar-refractivity contribution in [2.45, 2.75) is 70.6 Å². The summed E-state index contributed by atoms with van der Waals surface area (Å²) in [7, 11) is 3.83. The lowest BCUT2D eigenvalue weighted by molar-refractivity contribution is -0.149. The first-order valence-corrected chi connectivity index (χ1v) is 12.3. The van der Waals surface area contributed by atoms with Crippen LogP contribution in [0.2, 0.25) is 0 Å². The number of urea groups is 1. The van der Waals surface area contributed by atoms with Crippen molar-refractivity contribution in [1.29, 1.82) is 0 Å². The number of nitrogens with one attached hydrogen (secondary N) is 4. The quantitative estimate of drug-likeness (QED) is 0.511. The first kappa shape index (κ1) is 23.4. The molecule has 4 fully saturated rings. The smallest absolute Gasteiger partial charge is 0.322 e. The van der Waals surface area contributed by atoms with Crippen molar-refractivity contribution >= 4 is 17.8 Å². The molecule has 4 aliphatic rings. The van der Waals surface area contributed by atoms with Crippen LogP contribution in [-0.2, 0) is 9.59 Å². The van der Waals surface area contributed by atoms with Crippen molar-refractivity contribution in [1.82, 2.24) is 31.3 Å². The molecular formula is C23H40N6O3. The number of likely N-dealkylation sites (tertiary alicyclic amines) is 1. The van der Waals surface area contributed by atoms with Gasteiger partial charge in [-0.2, -0.15) is 0 Å². The molecule has 3 saturated heterocycles. The lowest BCUT2D eigenvalue weighted by atomic mass is 9.64. The molecular weight excluding hydrogens is 408 g/mol. The first-order valence-electron chi connectivity index (χ1n) is 12.3. The van der Waals surface area contributed by atoms with E-state index in [-0.39, 0.29) is 35.7 Å². The minimum absolute atomic E-state index is 0.0332. The van der Waals surface area contributed by atoms with E-state index < -0.39 is 6.03 Å². The van der Waals surface area contributed by atoms with Crippen molar-refractivity contribution in [3.8, 4) is 0 Å². The second kappa shape index (κ2) is 9.65. The molecule has 8 atom stereocenters. The van der Waals surface area contributed by atoms with Crippen molar-refractivity contribution in [2.24, 2.45) is 29.6 Å². The Morgan fingerprint density at radius 3 is 2.56 bits per heavy atom. The SMILES string of the molecule is CC1CC2C(CN1)CC(C1CC(C(=O)NC(=O)NC3CCNN3C)CCC1C)C(=O)N2C. The topological polar surface area (TPSA) is 106 Å². The predicted octanol–water partition coefficient (Wildman–Crippen LogP) is 0.876. The molecule has 4 rings (SSSR count). The largest absolute Gasteiger partial charge is 0.342 e. The third-order valence-electron chi connectivity index (χ3n) is 8.51. The lowest BCUT2D eigenvalue weighted by Crippen LogP contribution is -2.60. The minimum Gasteiger partial charge on any atom is -0.342 e. The number of nitrogens with zero attached hydrogens (tertiary/aromatic N) is 2. The van der Waals surface area contributed by atoms with E-state index >= 15 is 0 Å². The number of carbonyl (C=O) groups is 3. The molecule has 1 aliphatic carbocycles. The molecule has 8 unspecified atom stereocenters. The van der Waals surface area contributed by atoms with E-state index in [4.69, 9.17) is 0 Å². The van der Waals surface area contributed by atoms with Crippen molar-refractivity contribution in [2.75, 3.05) is 27.2 Å². The zero-order valence-electron chi connectivity index (χ0n) is 19.9. The van der Waals surface area contributed by atoms with Gasteiger partial charge in [-0.25, -0.2) is 9.80 Å². The fourth-order valence-electron chi connectivity index (χ4n) is 6.46. The van der Waals surface area contributed by atoms with Gasteiger partial charge in [0.15, 0.2) is 0 Å². The Morgan fingerprint density at radius 1 is 1.06 bits per heavy atom. The van der Waals surface area contributed by atoms with Crippen LogP contribution < -0.4 is 21.4 Å². The zero-order valence-corrected chi connectivity index (χ0v) is 19.9. The maximum Gasteiger partial charge on any atom is 0.322 e. The fourth-order valence-corrected chi connectivity index (χ4v) is 6.46. The molecule has 180 valence electrons. The van der Waals surface area contributed by atoms with E-state index in [0.29, 0.717) is 30.3 Å². The van der Waals surface area contributed by atoms with Gasteiger partial charge in [-0.1, -0.05) is 6.92 Å². The number of amides is 4. The summed E-state index contributed by atoms with van der Waals surface area (Å²) >= 11 is 0. The van der Waals surface area contributed by atoms with Gasteiger partial charge in [-0.3, -0.25) is 20.3 Å². The molecule has 3 heterocycles. The average Bonchev–Trinajstić information content (AvgIpc) is 3.15. The van der Waals surface area contributed by atoms with Crippen LogP contribution in [0.25, 0.3) is 0 Å². The summed E-state index contributed by atoms with van der Waals surface area (Å²) < 4.78 is 0. The Labute approximate surface area is 191 Å².